The average Bonchev–Trinajstić information content (AvgIpc) is 3.30. The van der Waals surface area contributed by atoms with Crippen LogP contribution >= 0.6 is 0 Å². The van der Waals surface area contributed by atoms with Gasteiger partial charge in [-0.2, -0.15) is 4.98 Å². The van der Waals surface area contributed by atoms with Gasteiger partial charge in [0.25, 0.3) is 5.91 Å². The zero-order valence-electron chi connectivity index (χ0n) is 16.4. The van der Waals surface area contributed by atoms with Crippen LogP contribution in [0.25, 0.3) is 0 Å². The van der Waals surface area contributed by atoms with Crippen molar-refractivity contribution in [2.45, 2.75) is 70.4 Å². The molecule has 0 atom stereocenters. The van der Waals surface area contributed by atoms with Crippen LogP contribution in [0.3, 0.4) is 0 Å². The number of aryl methyl sites for hydroxylation is 1. The summed E-state index contributed by atoms with van der Waals surface area (Å²) in [6.45, 7) is 3.93. The number of benzene rings is 1. The van der Waals surface area contributed by atoms with E-state index in [1.807, 2.05) is 24.3 Å². The van der Waals surface area contributed by atoms with Gasteiger partial charge in [0.05, 0.1) is 12.1 Å². The molecule has 0 bridgehead atoms. The molecule has 6 heteroatoms. The average molecular weight is 371 g/mol. The highest BCUT2D eigenvalue weighted by Gasteiger charge is 2.24. The third-order valence-corrected chi connectivity index (χ3v) is 5.14. The smallest absolute Gasteiger partial charge is 0.254 e. The van der Waals surface area contributed by atoms with Crippen molar-refractivity contribution < 1.29 is 14.4 Å². The first kappa shape index (κ1) is 19.5. The monoisotopic (exact) mass is 371 g/mol. The van der Waals surface area contributed by atoms with E-state index in [1.54, 1.807) is 25.8 Å². The Labute approximate surface area is 160 Å². The van der Waals surface area contributed by atoms with Crippen LogP contribution in [0.1, 0.15) is 79.5 Å². The zero-order chi connectivity index (χ0) is 19.4. The van der Waals surface area contributed by atoms with Crippen molar-refractivity contribution in [2.24, 2.45) is 0 Å². The molecule has 1 N–H and O–H groups in total. The fourth-order valence-corrected chi connectivity index (χ4v) is 3.44. The minimum Gasteiger partial charge on any atom is -0.390 e. The molecule has 6 nitrogen and oxygen atoms in total. The Morgan fingerprint density at radius 2 is 1.93 bits per heavy atom. The molecule has 1 aromatic carbocycles. The molecule has 1 aliphatic rings. The maximum atomic E-state index is 12.6. The highest BCUT2D eigenvalue weighted by Crippen LogP contribution is 2.32. The second kappa shape index (κ2) is 8.21. The van der Waals surface area contributed by atoms with Crippen molar-refractivity contribution in [2.75, 3.05) is 7.05 Å². The number of carbonyl (C=O) groups is 1. The number of nitrogens with zero attached hydrogens (tertiary/aromatic N) is 3. The van der Waals surface area contributed by atoms with Crippen molar-refractivity contribution in [1.82, 2.24) is 15.0 Å². The van der Waals surface area contributed by atoms with E-state index >= 15 is 0 Å². The standard InChI is InChI=1S/C21H29N3O3/c1-21(2,26)13-12-15-8-10-17(11-9-15)20(25)24(3)14-18-22-19(27-23-18)16-6-4-5-7-16/h8-11,16,26H,4-7,12-14H2,1-3H3. The van der Waals surface area contributed by atoms with Crippen LogP contribution in [0.2, 0.25) is 0 Å². The van der Waals surface area contributed by atoms with Gasteiger partial charge < -0.3 is 14.5 Å². The lowest BCUT2D eigenvalue weighted by atomic mass is 9.98. The highest BCUT2D eigenvalue weighted by atomic mass is 16.5. The lowest BCUT2D eigenvalue weighted by Crippen LogP contribution is -2.26. The molecular formula is C21H29N3O3. The topological polar surface area (TPSA) is 79.5 Å². The molecule has 0 unspecified atom stereocenters. The molecule has 0 aliphatic heterocycles. The summed E-state index contributed by atoms with van der Waals surface area (Å²) < 4.78 is 5.39. The number of aromatic nitrogens is 2. The predicted molar refractivity (Wildman–Crippen MR) is 102 cm³/mol. The molecule has 0 radical (unpaired) electrons. The molecule has 0 spiro atoms. The van der Waals surface area contributed by atoms with E-state index in [2.05, 4.69) is 10.1 Å². The second-order valence-electron chi connectivity index (χ2n) is 8.20. The Balaban J connectivity index is 1.56. The van der Waals surface area contributed by atoms with Crippen LogP contribution in [-0.2, 0) is 13.0 Å². The number of aliphatic hydroxyl groups is 1. The Morgan fingerprint density at radius 3 is 2.56 bits per heavy atom. The first-order valence-corrected chi connectivity index (χ1v) is 9.71. The molecule has 27 heavy (non-hydrogen) atoms. The van der Waals surface area contributed by atoms with Crippen molar-refractivity contribution in [3.05, 3.63) is 47.1 Å². The molecule has 0 saturated heterocycles. The molecule has 2 aromatic rings. The number of carbonyl (C=O) groups excluding carboxylic acids is 1. The summed E-state index contributed by atoms with van der Waals surface area (Å²) in [5, 5.41) is 13.9. The van der Waals surface area contributed by atoms with Gasteiger partial charge in [0, 0.05) is 18.5 Å². The summed E-state index contributed by atoms with van der Waals surface area (Å²) in [7, 11) is 1.75. The van der Waals surface area contributed by atoms with Gasteiger partial charge in [0.15, 0.2) is 5.82 Å². The van der Waals surface area contributed by atoms with E-state index in [-0.39, 0.29) is 5.91 Å². The predicted octanol–water partition coefficient (Wildman–Crippen LogP) is 3.70. The maximum Gasteiger partial charge on any atom is 0.254 e. The first-order chi connectivity index (χ1) is 12.8. The fraction of sp³-hybridized carbons (Fsp3) is 0.571. The molecule has 1 saturated carbocycles. The zero-order valence-corrected chi connectivity index (χ0v) is 16.4. The minimum absolute atomic E-state index is 0.0729. The third-order valence-electron chi connectivity index (χ3n) is 5.14. The molecular weight excluding hydrogens is 342 g/mol. The normalized spacial score (nSPS) is 15.3. The van der Waals surface area contributed by atoms with Gasteiger partial charge in [-0.3, -0.25) is 4.79 Å². The number of hydrogen-bond acceptors (Lipinski definition) is 5. The summed E-state index contributed by atoms with van der Waals surface area (Å²) >= 11 is 0. The second-order valence-corrected chi connectivity index (χ2v) is 8.20. The summed E-state index contributed by atoms with van der Waals surface area (Å²) in [5.41, 5.74) is 1.05. The van der Waals surface area contributed by atoms with Gasteiger partial charge in [-0.1, -0.05) is 30.1 Å². The Hall–Kier alpha value is -2.21. The van der Waals surface area contributed by atoms with Crippen molar-refractivity contribution >= 4 is 5.91 Å². The van der Waals surface area contributed by atoms with Gasteiger partial charge in [0.2, 0.25) is 5.89 Å². The summed E-state index contributed by atoms with van der Waals surface area (Å²) in [6, 6.07) is 7.55. The largest absolute Gasteiger partial charge is 0.390 e. The summed E-state index contributed by atoms with van der Waals surface area (Å²) in [6.07, 6.45) is 6.10. The lowest BCUT2D eigenvalue weighted by molar-refractivity contribution is 0.0712. The lowest BCUT2D eigenvalue weighted by Gasteiger charge is -2.17. The maximum absolute atomic E-state index is 12.6. The van der Waals surface area contributed by atoms with E-state index in [9.17, 15) is 9.90 Å². The molecule has 3 rings (SSSR count). The quantitative estimate of drug-likeness (QED) is 0.803. The van der Waals surface area contributed by atoms with Crippen molar-refractivity contribution in [3.8, 4) is 0 Å². The van der Waals surface area contributed by atoms with Crippen LogP contribution in [0.5, 0.6) is 0 Å². The van der Waals surface area contributed by atoms with Crippen molar-refractivity contribution in [3.63, 3.8) is 0 Å². The van der Waals surface area contributed by atoms with E-state index in [0.29, 0.717) is 36.2 Å². The highest BCUT2D eigenvalue weighted by molar-refractivity contribution is 5.94. The number of rotatable bonds is 7. The van der Waals surface area contributed by atoms with Crippen LogP contribution in [0.4, 0.5) is 0 Å². The van der Waals surface area contributed by atoms with E-state index < -0.39 is 5.60 Å². The van der Waals surface area contributed by atoms with Gasteiger partial charge in [-0.15, -0.1) is 0 Å². The van der Waals surface area contributed by atoms with E-state index in [1.165, 1.54) is 12.8 Å². The van der Waals surface area contributed by atoms with Crippen LogP contribution < -0.4 is 0 Å². The Morgan fingerprint density at radius 1 is 1.26 bits per heavy atom. The first-order valence-electron chi connectivity index (χ1n) is 9.71. The van der Waals surface area contributed by atoms with Gasteiger partial charge >= 0.3 is 0 Å². The molecule has 1 heterocycles. The number of hydrogen-bond donors (Lipinski definition) is 1. The van der Waals surface area contributed by atoms with E-state index in [4.69, 9.17) is 4.52 Å². The SMILES string of the molecule is CN(Cc1noc(C2CCCC2)n1)C(=O)c1ccc(CCC(C)(C)O)cc1. The van der Waals surface area contributed by atoms with Gasteiger partial charge in [-0.25, -0.2) is 0 Å². The molecule has 1 aliphatic carbocycles. The summed E-state index contributed by atoms with van der Waals surface area (Å²) in [5.74, 6) is 1.56. The molecule has 146 valence electrons. The Bertz CT molecular complexity index is 756. The van der Waals surface area contributed by atoms with Crippen LogP contribution in [0.15, 0.2) is 28.8 Å². The Kier molecular flexibility index (Phi) is 5.95. The minimum atomic E-state index is -0.684. The molecule has 1 aromatic heterocycles. The third kappa shape index (κ3) is 5.39. The number of amides is 1. The molecule has 1 amide bonds. The molecule has 1 fully saturated rings. The van der Waals surface area contributed by atoms with Crippen LogP contribution in [0, 0.1) is 0 Å². The van der Waals surface area contributed by atoms with E-state index in [0.717, 1.165) is 24.8 Å². The van der Waals surface area contributed by atoms with Crippen molar-refractivity contribution in [1.29, 1.82) is 0 Å². The van der Waals surface area contributed by atoms with Gasteiger partial charge in [0.1, 0.15) is 0 Å². The fourth-order valence-electron chi connectivity index (χ4n) is 3.44. The van der Waals surface area contributed by atoms with Gasteiger partial charge in [-0.05, 0) is 57.2 Å². The van der Waals surface area contributed by atoms with Crippen LogP contribution in [-0.4, -0.2) is 38.7 Å². The summed E-state index contributed by atoms with van der Waals surface area (Å²) in [4.78, 5) is 18.7.